The van der Waals surface area contributed by atoms with Gasteiger partial charge in [0.2, 0.25) is 0 Å². The van der Waals surface area contributed by atoms with Gasteiger partial charge in [-0.1, -0.05) is 45.4 Å². The Kier molecular flexibility index (Phi) is 5.64. The van der Waals surface area contributed by atoms with E-state index in [9.17, 15) is 18.0 Å². The number of hydrogen-bond acceptors (Lipinski definition) is 2. The minimum Gasteiger partial charge on any atom is -0.464 e. The number of carbonyl (C=O) groups excluding carboxylic acids is 1. The van der Waals surface area contributed by atoms with Crippen molar-refractivity contribution in [3.8, 4) is 0 Å². The molecule has 1 aromatic rings. The minimum atomic E-state index is -1.50. The fourth-order valence-electron chi connectivity index (χ4n) is 4.53. The van der Waals surface area contributed by atoms with Gasteiger partial charge in [0.25, 0.3) is 0 Å². The predicted octanol–water partition coefficient (Wildman–Crippen LogP) is 5.82. The molecular formula is C21H27F3O2. The Morgan fingerprint density at radius 3 is 1.96 bits per heavy atom. The number of rotatable bonds is 4. The van der Waals surface area contributed by atoms with Crippen molar-refractivity contribution >= 4 is 5.97 Å². The molecule has 26 heavy (non-hydrogen) atoms. The third kappa shape index (κ3) is 3.77. The van der Waals surface area contributed by atoms with Crippen molar-refractivity contribution in [3.05, 3.63) is 35.1 Å². The lowest BCUT2D eigenvalue weighted by Gasteiger charge is -2.38. The van der Waals surface area contributed by atoms with Crippen LogP contribution in [0.3, 0.4) is 0 Å². The molecule has 0 spiro atoms. The lowest BCUT2D eigenvalue weighted by Crippen LogP contribution is -2.41. The summed E-state index contributed by atoms with van der Waals surface area (Å²) in [6.45, 7) is 2.46. The van der Waals surface area contributed by atoms with Crippen LogP contribution in [0.2, 0.25) is 0 Å². The first-order valence-electron chi connectivity index (χ1n) is 9.69. The first kappa shape index (κ1) is 19.2. The largest absolute Gasteiger partial charge is 0.464 e. The van der Waals surface area contributed by atoms with Crippen LogP contribution in [0.5, 0.6) is 0 Å². The fraction of sp³-hybridized carbons (Fsp3) is 0.667. The maximum absolute atomic E-state index is 13.8. The van der Waals surface area contributed by atoms with Crippen LogP contribution in [-0.4, -0.2) is 12.6 Å². The molecule has 2 saturated carbocycles. The first-order valence-corrected chi connectivity index (χ1v) is 9.69. The zero-order valence-corrected chi connectivity index (χ0v) is 15.4. The van der Waals surface area contributed by atoms with E-state index in [2.05, 4.69) is 6.92 Å². The van der Waals surface area contributed by atoms with E-state index in [4.69, 9.17) is 4.74 Å². The molecule has 0 radical (unpaired) electrons. The molecule has 0 N–H and O–H groups in total. The van der Waals surface area contributed by atoms with Gasteiger partial charge >= 0.3 is 5.97 Å². The van der Waals surface area contributed by atoms with Crippen molar-refractivity contribution in [1.29, 1.82) is 0 Å². The topological polar surface area (TPSA) is 26.3 Å². The van der Waals surface area contributed by atoms with E-state index in [0.717, 1.165) is 57.1 Å². The van der Waals surface area contributed by atoms with Crippen LogP contribution in [0.1, 0.15) is 76.7 Å². The number of ether oxygens (including phenoxy) is 1. The average molecular weight is 368 g/mol. The van der Waals surface area contributed by atoms with Gasteiger partial charge in [0.1, 0.15) is 0 Å². The summed E-state index contributed by atoms with van der Waals surface area (Å²) < 4.78 is 46.7. The highest BCUT2D eigenvalue weighted by Crippen LogP contribution is 2.43. The molecule has 3 rings (SSSR count). The van der Waals surface area contributed by atoms with Crippen LogP contribution in [-0.2, 0) is 14.9 Å². The van der Waals surface area contributed by atoms with E-state index < -0.39 is 28.8 Å². The second-order valence-corrected chi connectivity index (χ2v) is 8.34. The lowest BCUT2D eigenvalue weighted by atomic mass is 9.69. The highest BCUT2D eigenvalue weighted by atomic mass is 19.2. The molecule has 2 aliphatic rings. The van der Waals surface area contributed by atoms with Crippen LogP contribution in [0, 0.1) is 22.9 Å². The Hall–Kier alpha value is -1.52. The zero-order chi connectivity index (χ0) is 18.8. The third-order valence-corrected chi connectivity index (χ3v) is 6.25. The summed E-state index contributed by atoms with van der Waals surface area (Å²) in [7, 11) is 0. The maximum atomic E-state index is 13.8. The summed E-state index contributed by atoms with van der Waals surface area (Å²) in [4.78, 5) is 13.1. The van der Waals surface area contributed by atoms with Crippen LogP contribution in [0.25, 0.3) is 0 Å². The molecule has 2 nitrogen and oxygen atoms in total. The Morgan fingerprint density at radius 2 is 1.42 bits per heavy atom. The normalized spacial score (nSPS) is 22.0. The summed E-state index contributed by atoms with van der Waals surface area (Å²) in [5.41, 5.74) is -0.894. The number of esters is 1. The lowest BCUT2D eigenvalue weighted by molar-refractivity contribution is -0.156. The summed E-state index contributed by atoms with van der Waals surface area (Å²) in [5, 5.41) is 0. The van der Waals surface area contributed by atoms with Gasteiger partial charge in [-0.05, 0) is 43.4 Å². The number of carbonyl (C=O) groups is 1. The van der Waals surface area contributed by atoms with Gasteiger partial charge < -0.3 is 4.74 Å². The van der Waals surface area contributed by atoms with E-state index in [1.54, 1.807) is 0 Å². The van der Waals surface area contributed by atoms with E-state index in [0.29, 0.717) is 19.4 Å². The molecule has 0 bridgehead atoms. The molecule has 144 valence electrons. The van der Waals surface area contributed by atoms with Crippen molar-refractivity contribution in [2.75, 3.05) is 6.61 Å². The monoisotopic (exact) mass is 368 g/mol. The van der Waals surface area contributed by atoms with Gasteiger partial charge in [0.05, 0.1) is 12.0 Å². The number of hydrogen-bond donors (Lipinski definition) is 0. The van der Waals surface area contributed by atoms with E-state index >= 15 is 0 Å². The molecule has 0 heterocycles. The summed E-state index contributed by atoms with van der Waals surface area (Å²) in [5.74, 6) is -4.42. The van der Waals surface area contributed by atoms with Crippen molar-refractivity contribution in [2.24, 2.45) is 5.41 Å². The minimum absolute atomic E-state index is 0.0247. The second kappa shape index (κ2) is 7.61. The first-order chi connectivity index (χ1) is 12.4. The van der Waals surface area contributed by atoms with Crippen molar-refractivity contribution < 1.29 is 22.7 Å². The van der Waals surface area contributed by atoms with Crippen molar-refractivity contribution in [3.63, 3.8) is 0 Å². The van der Waals surface area contributed by atoms with Crippen LogP contribution in [0.4, 0.5) is 13.2 Å². The Morgan fingerprint density at radius 1 is 0.923 bits per heavy atom. The molecule has 1 aromatic carbocycles. The molecule has 5 heteroatoms. The standard InChI is InChI=1S/C21H27F3O2/c1-20(8-4-2-5-9-20)14-26-19(25)21(10-6-3-7-11-21)15-12-16(22)18(24)17(23)13-15/h12-13H,2-11,14H2,1H3. The van der Waals surface area contributed by atoms with Crippen LogP contribution in [0.15, 0.2) is 12.1 Å². The highest BCUT2D eigenvalue weighted by Gasteiger charge is 2.44. The number of halogens is 3. The molecule has 0 saturated heterocycles. The van der Waals surface area contributed by atoms with Gasteiger partial charge in [0, 0.05) is 5.41 Å². The van der Waals surface area contributed by atoms with Crippen molar-refractivity contribution in [1.82, 2.24) is 0 Å². The summed E-state index contributed by atoms with van der Waals surface area (Å²) in [6, 6.07) is 1.93. The highest BCUT2D eigenvalue weighted by molar-refractivity contribution is 5.83. The predicted molar refractivity (Wildman–Crippen MR) is 93.2 cm³/mol. The maximum Gasteiger partial charge on any atom is 0.316 e. The third-order valence-electron chi connectivity index (χ3n) is 6.25. The molecular weight excluding hydrogens is 341 g/mol. The molecule has 0 unspecified atom stereocenters. The Bertz CT molecular complexity index is 636. The molecule has 0 aliphatic heterocycles. The fourth-order valence-corrected chi connectivity index (χ4v) is 4.53. The summed E-state index contributed by atoms with van der Waals surface area (Å²) >= 11 is 0. The zero-order valence-electron chi connectivity index (χ0n) is 15.4. The smallest absolute Gasteiger partial charge is 0.316 e. The Balaban J connectivity index is 1.84. The van der Waals surface area contributed by atoms with Crippen LogP contribution >= 0.6 is 0 Å². The van der Waals surface area contributed by atoms with E-state index in [1.165, 1.54) is 6.42 Å². The molecule has 0 atom stereocenters. The molecule has 0 amide bonds. The summed E-state index contributed by atoms with van der Waals surface area (Å²) in [6.07, 6.45) is 9.02. The Labute approximate surface area is 153 Å². The van der Waals surface area contributed by atoms with Gasteiger partial charge in [-0.25, -0.2) is 13.2 Å². The average Bonchev–Trinajstić information content (AvgIpc) is 2.65. The van der Waals surface area contributed by atoms with E-state index in [-0.39, 0.29) is 11.0 Å². The number of benzene rings is 1. The van der Waals surface area contributed by atoms with Crippen LogP contribution < -0.4 is 0 Å². The molecule has 0 aromatic heterocycles. The molecule has 2 fully saturated rings. The van der Waals surface area contributed by atoms with Crippen molar-refractivity contribution in [2.45, 2.75) is 76.5 Å². The van der Waals surface area contributed by atoms with E-state index in [1.807, 2.05) is 0 Å². The van der Waals surface area contributed by atoms with Gasteiger partial charge in [0.15, 0.2) is 17.5 Å². The quantitative estimate of drug-likeness (QED) is 0.494. The van der Waals surface area contributed by atoms with Gasteiger partial charge in [-0.15, -0.1) is 0 Å². The van der Waals surface area contributed by atoms with Gasteiger partial charge in [-0.2, -0.15) is 0 Å². The molecule has 2 aliphatic carbocycles. The second-order valence-electron chi connectivity index (χ2n) is 8.34. The SMILES string of the molecule is CC1(COC(=O)C2(c3cc(F)c(F)c(F)c3)CCCCC2)CCCCC1. The van der Waals surface area contributed by atoms with Gasteiger partial charge in [-0.3, -0.25) is 4.79 Å².